The maximum absolute atomic E-state index is 12.3. The van der Waals surface area contributed by atoms with Crippen LogP contribution in [-0.4, -0.2) is 69.9 Å². The van der Waals surface area contributed by atoms with Gasteiger partial charge in [-0.3, -0.25) is 4.79 Å². The Morgan fingerprint density at radius 2 is 2.05 bits per heavy atom. The summed E-state index contributed by atoms with van der Waals surface area (Å²) >= 11 is 0. The molecule has 0 aromatic rings. The van der Waals surface area contributed by atoms with Crippen LogP contribution in [0.4, 0.5) is 0 Å². The number of ether oxygens (including phenoxy) is 1. The number of nitrogens with one attached hydrogen (secondary N) is 2. The fourth-order valence-electron chi connectivity index (χ4n) is 3.04. The second-order valence-electron chi connectivity index (χ2n) is 5.52. The fraction of sp³-hybridized carbons (Fsp3) is 0.923. The van der Waals surface area contributed by atoms with Crippen molar-refractivity contribution < 1.29 is 17.9 Å². The van der Waals surface area contributed by atoms with Crippen molar-refractivity contribution in [3.63, 3.8) is 0 Å². The minimum absolute atomic E-state index is 0. The van der Waals surface area contributed by atoms with E-state index in [9.17, 15) is 13.2 Å². The average molecular weight is 356 g/mol. The summed E-state index contributed by atoms with van der Waals surface area (Å²) in [6.45, 7) is 4.02. The van der Waals surface area contributed by atoms with Crippen molar-refractivity contribution in [2.24, 2.45) is 0 Å². The molecule has 22 heavy (non-hydrogen) atoms. The molecule has 2 saturated heterocycles. The van der Waals surface area contributed by atoms with E-state index >= 15 is 0 Å². The molecule has 0 saturated carbocycles. The lowest BCUT2D eigenvalue weighted by atomic mass is 10.1. The van der Waals surface area contributed by atoms with E-state index in [2.05, 4.69) is 10.0 Å². The van der Waals surface area contributed by atoms with Crippen LogP contribution in [0.15, 0.2) is 0 Å². The van der Waals surface area contributed by atoms with Crippen molar-refractivity contribution in [1.82, 2.24) is 14.9 Å². The summed E-state index contributed by atoms with van der Waals surface area (Å²) in [6.07, 6.45) is 2.97. The number of sulfonamides is 1. The van der Waals surface area contributed by atoms with E-state index < -0.39 is 10.0 Å². The zero-order chi connectivity index (χ0) is 15.3. The van der Waals surface area contributed by atoms with Crippen LogP contribution >= 0.6 is 12.4 Å². The van der Waals surface area contributed by atoms with Crippen molar-refractivity contribution in [3.05, 3.63) is 0 Å². The molecule has 0 aromatic carbocycles. The van der Waals surface area contributed by atoms with Crippen molar-refractivity contribution in [2.45, 2.75) is 38.3 Å². The molecule has 2 bridgehead atoms. The molecule has 2 N–H and O–H groups in total. The molecule has 9 heteroatoms. The zero-order valence-electron chi connectivity index (χ0n) is 12.9. The molecule has 0 radical (unpaired) electrons. The smallest absolute Gasteiger partial charge is 0.238 e. The van der Waals surface area contributed by atoms with Gasteiger partial charge in [0.15, 0.2) is 0 Å². The van der Waals surface area contributed by atoms with Crippen LogP contribution in [0.2, 0.25) is 0 Å². The lowest BCUT2D eigenvalue weighted by Gasteiger charge is -2.28. The Bertz CT molecular complexity index is 446. The highest BCUT2D eigenvalue weighted by Gasteiger charge is 2.37. The first-order valence-corrected chi connectivity index (χ1v) is 9.25. The van der Waals surface area contributed by atoms with E-state index in [1.807, 2.05) is 11.8 Å². The van der Waals surface area contributed by atoms with Crippen molar-refractivity contribution in [3.8, 4) is 0 Å². The predicted molar refractivity (Wildman–Crippen MR) is 86.7 cm³/mol. The third kappa shape index (κ3) is 5.34. The highest BCUT2D eigenvalue weighted by Crippen LogP contribution is 2.27. The number of hydrogen-bond donors (Lipinski definition) is 2. The molecule has 2 rings (SSSR count). The van der Waals surface area contributed by atoms with Crippen LogP contribution in [0.1, 0.15) is 26.2 Å². The van der Waals surface area contributed by atoms with E-state index in [-0.39, 0.29) is 49.3 Å². The lowest BCUT2D eigenvalue weighted by Crippen LogP contribution is -2.47. The second-order valence-corrected chi connectivity index (χ2v) is 7.44. The van der Waals surface area contributed by atoms with Gasteiger partial charge in [-0.25, -0.2) is 13.1 Å². The Labute approximate surface area is 138 Å². The summed E-state index contributed by atoms with van der Waals surface area (Å²) in [7, 11) is -3.45. The molecule has 2 aliphatic heterocycles. The van der Waals surface area contributed by atoms with Crippen LogP contribution in [0.3, 0.4) is 0 Å². The molecular weight excluding hydrogens is 330 g/mol. The van der Waals surface area contributed by atoms with E-state index in [0.717, 1.165) is 32.4 Å². The van der Waals surface area contributed by atoms with Crippen molar-refractivity contribution >= 4 is 28.3 Å². The van der Waals surface area contributed by atoms with Gasteiger partial charge in [-0.15, -0.1) is 12.4 Å². The lowest BCUT2D eigenvalue weighted by molar-refractivity contribution is -0.132. The van der Waals surface area contributed by atoms with Gasteiger partial charge in [-0.1, -0.05) is 0 Å². The molecule has 2 atom stereocenters. The number of hydrogen-bond acceptors (Lipinski definition) is 5. The Balaban J connectivity index is 0.00000242. The van der Waals surface area contributed by atoms with Crippen LogP contribution in [-0.2, 0) is 19.6 Å². The number of nitrogens with zero attached hydrogens (tertiary/aromatic N) is 1. The molecular formula is C13H26ClN3O4S. The third-order valence-electron chi connectivity index (χ3n) is 4.09. The van der Waals surface area contributed by atoms with Crippen LogP contribution < -0.4 is 10.0 Å². The van der Waals surface area contributed by atoms with Crippen molar-refractivity contribution in [2.75, 3.05) is 38.6 Å². The Morgan fingerprint density at radius 3 is 2.77 bits per heavy atom. The Kier molecular flexibility index (Phi) is 8.06. The van der Waals surface area contributed by atoms with Gasteiger partial charge >= 0.3 is 0 Å². The molecule has 130 valence electrons. The minimum Gasteiger partial charge on any atom is -0.381 e. The fourth-order valence-corrected chi connectivity index (χ4v) is 3.86. The summed E-state index contributed by atoms with van der Waals surface area (Å²) in [5, 5.41) is 3.32. The number of carbonyl (C=O) groups excluding carboxylic acids is 1. The van der Waals surface area contributed by atoms with Gasteiger partial charge < -0.3 is 15.0 Å². The maximum atomic E-state index is 12.3. The molecule has 2 unspecified atom stereocenters. The quantitative estimate of drug-likeness (QED) is 0.613. The van der Waals surface area contributed by atoms with E-state index in [1.54, 1.807) is 0 Å². The largest absolute Gasteiger partial charge is 0.381 e. The first-order chi connectivity index (χ1) is 10.0. The van der Waals surface area contributed by atoms with Crippen molar-refractivity contribution in [1.29, 1.82) is 0 Å². The van der Waals surface area contributed by atoms with Gasteiger partial charge in [-0.05, 0) is 32.7 Å². The van der Waals surface area contributed by atoms with Crippen LogP contribution in [0, 0.1) is 0 Å². The molecule has 7 nitrogen and oxygen atoms in total. The van der Waals surface area contributed by atoms with Gasteiger partial charge in [0.05, 0.1) is 18.9 Å². The van der Waals surface area contributed by atoms with Crippen LogP contribution in [0.5, 0.6) is 0 Å². The SMILES string of the molecule is CCOCCS(=O)(=O)NCC(=O)N1C2CCNCC1CC2.Cl. The molecule has 2 fully saturated rings. The number of halogens is 1. The van der Waals surface area contributed by atoms with Gasteiger partial charge in [0.1, 0.15) is 0 Å². The first kappa shape index (κ1) is 19.6. The molecule has 2 aliphatic rings. The topological polar surface area (TPSA) is 87.7 Å². The van der Waals surface area contributed by atoms with E-state index in [4.69, 9.17) is 4.74 Å². The van der Waals surface area contributed by atoms with Gasteiger partial charge in [0, 0.05) is 25.2 Å². The normalized spacial score (nSPS) is 24.7. The molecule has 1 amide bonds. The summed E-state index contributed by atoms with van der Waals surface area (Å²) in [4.78, 5) is 14.2. The van der Waals surface area contributed by atoms with Crippen LogP contribution in [0.25, 0.3) is 0 Å². The average Bonchev–Trinajstić information content (AvgIpc) is 2.70. The number of rotatable bonds is 7. The summed E-state index contributed by atoms with van der Waals surface area (Å²) in [5.41, 5.74) is 0. The highest BCUT2D eigenvalue weighted by atomic mass is 35.5. The monoisotopic (exact) mass is 355 g/mol. The Hall–Kier alpha value is -0.410. The molecule has 0 aromatic heterocycles. The minimum atomic E-state index is -3.45. The first-order valence-electron chi connectivity index (χ1n) is 7.60. The predicted octanol–water partition coefficient (Wildman–Crippen LogP) is -0.283. The third-order valence-corrected chi connectivity index (χ3v) is 5.37. The highest BCUT2D eigenvalue weighted by molar-refractivity contribution is 7.89. The number of fused-ring (bicyclic) bond motifs is 2. The summed E-state index contributed by atoms with van der Waals surface area (Å²) in [5.74, 6) is -0.228. The van der Waals surface area contributed by atoms with E-state index in [1.165, 1.54) is 0 Å². The number of carbonyl (C=O) groups is 1. The van der Waals surface area contributed by atoms with Gasteiger partial charge in [0.25, 0.3) is 0 Å². The molecule has 0 spiro atoms. The molecule has 0 aliphatic carbocycles. The maximum Gasteiger partial charge on any atom is 0.238 e. The summed E-state index contributed by atoms with van der Waals surface area (Å²) < 4.78 is 30.9. The second kappa shape index (κ2) is 9.02. The summed E-state index contributed by atoms with van der Waals surface area (Å²) in [6, 6.07) is 0.461. The standard InChI is InChI=1S/C13H25N3O4S.ClH/c1-2-20-7-8-21(18,19)15-10-13(17)16-11-3-4-12(16)9-14-6-5-11;/h11-12,14-15H,2-10H2,1H3;1H. The molecule has 2 heterocycles. The number of amides is 1. The van der Waals surface area contributed by atoms with Gasteiger partial charge in [0.2, 0.25) is 15.9 Å². The van der Waals surface area contributed by atoms with Gasteiger partial charge in [-0.2, -0.15) is 0 Å². The Morgan fingerprint density at radius 1 is 1.32 bits per heavy atom. The zero-order valence-corrected chi connectivity index (χ0v) is 14.5. The van der Waals surface area contributed by atoms with E-state index in [0.29, 0.717) is 6.61 Å².